The molecule has 0 radical (unpaired) electrons. The number of aliphatic hydroxyl groups excluding tert-OH is 1. The van der Waals surface area contributed by atoms with Gasteiger partial charge >= 0.3 is 6.03 Å². The fourth-order valence-electron chi connectivity index (χ4n) is 3.34. The van der Waals surface area contributed by atoms with E-state index in [1.165, 1.54) is 0 Å². The van der Waals surface area contributed by atoms with Crippen LogP contribution in [0.5, 0.6) is 5.75 Å². The number of hydrogen-bond donors (Lipinski definition) is 3. The van der Waals surface area contributed by atoms with E-state index in [4.69, 9.17) is 10.5 Å². The smallest absolute Gasteiger partial charge is 0.316 e. The molecule has 152 valence electrons. The molecule has 2 aromatic carbocycles. The van der Waals surface area contributed by atoms with E-state index in [1.54, 1.807) is 24.3 Å². The summed E-state index contributed by atoms with van der Waals surface area (Å²) in [5.41, 5.74) is 7.31. The Balaban J connectivity index is 1.42. The number of nitrogens with one attached hydrogen (secondary N) is 1. The Bertz CT molecular complexity index is 857. The summed E-state index contributed by atoms with van der Waals surface area (Å²) in [6, 6.07) is 16.0. The first-order chi connectivity index (χ1) is 14.0. The number of hydrogen-bond acceptors (Lipinski definition) is 6. The first-order valence-corrected chi connectivity index (χ1v) is 9.49. The number of piperazine rings is 1. The van der Waals surface area contributed by atoms with E-state index in [-0.39, 0.29) is 6.61 Å². The molecule has 1 atom stereocenters. The summed E-state index contributed by atoms with van der Waals surface area (Å²) in [5, 5.41) is 22.1. The van der Waals surface area contributed by atoms with Gasteiger partial charge in [-0.15, -0.1) is 0 Å². The fraction of sp³-hybridized carbons (Fsp3) is 0.333. The molecule has 1 aliphatic heterocycles. The number of nitrogens with two attached hydrogens (primary N) is 1. The normalized spacial score (nSPS) is 15.4. The van der Waals surface area contributed by atoms with Gasteiger partial charge in [-0.3, -0.25) is 4.90 Å². The van der Waals surface area contributed by atoms with Crippen LogP contribution < -0.4 is 20.7 Å². The van der Waals surface area contributed by atoms with Crippen molar-refractivity contribution in [1.82, 2.24) is 4.90 Å². The molecule has 0 aliphatic carbocycles. The van der Waals surface area contributed by atoms with Crippen LogP contribution in [0.3, 0.4) is 0 Å². The molecule has 4 N–H and O–H groups in total. The van der Waals surface area contributed by atoms with Crippen LogP contribution in [0, 0.1) is 11.3 Å². The summed E-state index contributed by atoms with van der Waals surface area (Å²) in [7, 11) is 0. The van der Waals surface area contributed by atoms with Crippen LogP contribution in [0.4, 0.5) is 16.2 Å². The average molecular weight is 395 g/mol. The summed E-state index contributed by atoms with van der Waals surface area (Å²) in [5.74, 6) is 0.608. The quantitative estimate of drug-likeness (QED) is 0.656. The number of nitrogens with zero attached hydrogens (tertiary/aromatic N) is 3. The van der Waals surface area contributed by atoms with E-state index in [0.29, 0.717) is 23.5 Å². The Hall–Kier alpha value is -3.28. The Labute approximate surface area is 170 Å². The van der Waals surface area contributed by atoms with Crippen LogP contribution in [0.2, 0.25) is 0 Å². The largest absolute Gasteiger partial charge is 0.491 e. The maximum Gasteiger partial charge on any atom is 0.316 e. The summed E-state index contributed by atoms with van der Waals surface area (Å²) in [4.78, 5) is 15.2. The molecule has 0 unspecified atom stereocenters. The van der Waals surface area contributed by atoms with Gasteiger partial charge in [-0.05, 0) is 36.4 Å². The molecule has 0 bridgehead atoms. The second kappa shape index (κ2) is 9.78. The third-order valence-electron chi connectivity index (χ3n) is 4.77. The molecular weight excluding hydrogens is 370 g/mol. The monoisotopic (exact) mass is 395 g/mol. The predicted molar refractivity (Wildman–Crippen MR) is 111 cm³/mol. The number of nitriles is 1. The van der Waals surface area contributed by atoms with E-state index in [2.05, 4.69) is 21.2 Å². The average Bonchev–Trinajstić information content (AvgIpc) is 2.73. The summed E-state index contributed by atoms with van der Waals surface area (Å²) < 4.78 is 5.62. The van der Waals surface area contributed by atoms with Gasteiger partial charge in [0.15, 0.2) is 0 Å². The third kappa shape index (κ3) is 5.85. The number of aliphatic hydroxyl groups is 1. The molecule has 0 aromatic heterocycles. The van der Waals surface area contributed by atoms with Crippen molar-refractivity contribution in [2.45, 2.75) is 6.10 Å². The van der Waals surface area contributed by atoms with Gasteiger partial charge in [0.25, 0.3) is 0 Å². The van der Waals surface area contributed by atoms with E-state index in [0.717, 1.165) is 31.9 Å². The highest BCUT2D eigenvalue weighted by Gasteiger charge is 2.21. The number of β-amino-alcohol motifs (C(OH)–C–C–N with tert-alkyl or cyclic N) is 1. The molecule has 1 heterocycles. The summed E-state index contributed by atoms with van der Waals surface area (Å²) >= 11 is 0. The first kappa shape index (κ1) is 20.5. The summed E-state index contributed by atoms with van der Waals surface area (Å²) in [6.45, 7) is 3.94. The number of urea groups is 1. The lowest BCUT2D eigenvalue weighted by Crippen LogP contribution is -2.49. The minimum atomic E-state index is -0.620. The number of carbonyl (C=O) groups is 1. The Morgan fingerprint density at radius 2 is 1.86 bits per heavy atom. The van der Waals surface area contributed by atoms with Crippen molar-refractivity contribution in [1.29, 1.82) is 5.26 Å². The van der Waals surface area contributed by atoms with Crippen LogP contribution in [0.15, 0.2) is 48.5 Å². The number of anilines is 2. The van der Waals surface area contributed by atoms with Gasteiger partial charge in [0.1, 0.15) is 24.5 Å². The number of carbonyl (C=O) groups excluding carboxylic acids is 1. The number of ether oxygens (including phenoxy) is 1. The highest BCUT2D eigenvalue weighted by Crippen LogP contribution is 2.21. The molecule has 1 saturated heterocycles. The maximum atomic E-state index is 10.8. The highest BCUT2D eigenvalue weighted by molar-refractivity contribution is 5.87. The number of primary amides is 1. The van der Waals surface area contributed by atoms with Gasteiger partial charge in [-0.1, -0.05) is 12.1 Å². The molecule has 1 fully saturated rings. The first-order valence-electron chi connectivity index (χ1n) is 9.49. The lowest BCUT2D eigenvalue weighted by molar-refractivity contribution is 0.0663. The molecule has 29 heavy (non-hydrogen) atoms. The minimum Gasteiger partial charge on any atom is -0.491 e. The van der Waals surface area contributed by atoms with Gasteiger partial charge in [-0.25, -0.2) is 4.79 Å². The molecule has 0 spiro atoms. The zero-order valence-corrected chi connectivity index (χ0v) is 16.1. The van der Waals surface area contributed by atoms with Gasteiger partial charge in [0.2, 0.25) is 0 Å². The lowest BCUT2D eigenvalue weighted by Gasteiger charge is -2.37. The van der Waals surface area contributed by atoms with E-state index >= 15 is 0 Å². The van der Waals surface area contributed by atoms with Crippen molar-refractivity contribution < 1.29 is 14.6 Å². The van der Waals surface area contributed by atoms with Crippen molar-refractivity contribution in [2.24, 2.45) is 5.73 Å². The van der Waals surface area contributed by atoms with Crippen LogP contribution in [-0.4, -0.2) is 61.5 Å². The third-order valence-corrected chi connectivity index (χ3v) is 4.77. The maximum absolute atomic E-state index is 10.8. The molecule has 2 amide bonds. The van der Waals surface area contributed by atoms with Crippen molar-refractivity contribution in [3.63, 3.8) is 0 Å². The molecule has 1 aliphatic rings. The number of para-hydroxylation sites is 1. The second-order valence-electron chi connectivity index (χ2n) is 6.90. The Kier molecular flexibility index (Phi) is 6.89. The van der Waals surface area contributed by atoms with E-state index in [1.807, 2.05) is 24.3 Å². The molecular formula is C21H25N5O3. The van der Waals surface area contributed by atoms with Crippen LogP contribution in [-0.2, 0) is 0 Å². The molecule has 3 rings (SSSR count). The zero-order valence-electron chi connectivity index (χ0n) is 16.1. The van der Waals surface area contributed by atoms with Gasteiger partial charge < -0.3 is 25.8 Å². The lowest BCUT2D eigenvalue weighted by atomic mass is 10.1. The highest BCUT2D eigenvalue weighted by atomic mass is 16.5. The zero-order chi connectivity index (χ0) is 20.6. The van der Waals surface area contributed by atoms with Crippen molar-refractivity contribution in [3.05, 3.63) is 54.1 Å². The SMILES string of the molecule is N#Cc1ccccc1N1CCN(C[C@H](O)COc2ccc(NC(N)=O)cc2)CC1. The van der Waals surface area contributed by atoms with E-state index in [9.17, 15) is 15.2 Å². The molecule has 0 saturated carbocycles. The van der Waals surface area contributed by atoms with Gasteiger partial charge in [0.05, 0.1) is 11.3 Å². The molecule has 8 heteroatoms. The number of rotatable bonds is 7. The molecule has 8 nitrogen and oxygen atoms in total. The van der Waals surface area contributed by atoms with Gasteiger partial charge in [-0.2, -0.15) is 5.26 Å². The van der Waals surface area contributed by atoms with Crippen LogP contribution >= 0.6 is 0 Å². The van der Waals surface area contributed by atoms with Crippen LogP contribution in [0.25, 0.3) is 0 Å². The predicted octanol–water partition coefficient (Wildman–Crippen LogP) is 1.61. The van der Waals surface area contributed by atoms with E-state index < -0.39 is 12.1 Å². The van der Waals surface area contributed by atoms with Gasteiger partial charge in [0, 0.05) is 38.4 Å². The number of amides is 2. The second-order valence-corrected chi connectivity index (χ2v) is 6.90. The van der Waals surface area contributed by atoms with Crippen LogP contribution in [0.1, 0.15) is 5.56 Å². The molecule has 2 aromatic rings. The Morgan fingerprint density at radius 1 is 1.17 bits per heavy atom. The minimum absolute atomic E-state index is 0.181. The topological polar surface area (TPSA) is 115 Å². The van der Waals surface area contributed by atoms with Crippen molar-refractivity contribution in [3.8, 4) is 11.8 Å². The fourth-order valence-corrected chi connectivity index (χ4v) is 3.34. The number of benzene rings is 2. The van der Waals surface area contributed by atoms with Crippen molar-refractivity contribution in [2.75, 3.05) is 49.5 Å². The summed E-state index contributed by atoms with van der Waals surface area (Å²) in [6.07, 6.45) is -0.614. The standard InChI is InChI=1S/C21H25N5O3/c22-13-16-3-1-2-4-20(16)26-11-9-25(10-12-26)14-18(27)15-29-19-7-5-17(6-8-19)24-21(23)28/h1-8,18,27H,9-12,14-15H2,(H3,23,24,28)/t18-/m0/s1. The van der Waals surface area contributed by atoms with Crippen molar-refractivity contribution >= 4 is 17.4 Å². The Morgan fingerprint density at radius 3 is 2.52 bits per heavy atom.